The molecule has 0 aromatic rings. The number of nitrogens with one attached hydrogen (secondary N) is 2. The van der Waals surface area contributed by atoms with Crippen molar-refractivity contribution in [3.05, 3.63) is 0 Å². The number of nitrogens with two attached hydrogens (primary N) is 2. The monoisotopic (exact) mass is 264 g/mol. The average molecular weight is 265 g/mol. The molecule has 0 aliphatic rings. The maximum absolute atomic E-state index is 11.7. The van der Waals surface area contributed by atoms with Crippen molar-refractivity contribution in [3.63, 3.8) is 0 Å². The van der Waals surface area contributed by atoms with E-state index in [2.05, 4.69) is 10.3 Å². The van der Waals surface area contributed by atoms with Gasteiger partial charge in [-0.2, -0.15) is 0 Å². The van der Waals surface area contributed by atoms with Gasteiger partial charge in [-0.1, -0.05) is 20.8 Å². The van der Waals surface area contributed by atoms with Gasteiger partial charge in [0.2, 0.25) is 5.91 Å². The molecule has 0 aliphatic heterocycles. The van der Waals surface area contributed by atoms with E-state index in [1.807, 2.05) is 20.8 Å². The first-order valence-corrected chi connectivity index (χ1v) is 5.80. The van der Waals surface area contributed by atoms with E-state index in [0.29, 0.717) is 6.54 Å². The molecule has 6 heteroatoms. The van der Waals surface area contributed by atoms with Crippen LogP contribution in [0.25, 0.3) is 0 Å². The molecule has 0 bridgehead atoms. The number of hydrogen-bond donors (Lipinski definition) is 4. The van der Waals surface area contributed by atoms with Crippen molar-refractivity contribution < 1.29 is 22.2 Å². The summed E-state index contributed by atoms with van der Waals surface area (Å²) in [5, 5.41) is 2.93. The molecule has 0 rings (SSSR count). The van der Waals surface area contributed by atoms with Gasteiger partial charge in [-0.3, -0.25) is 21.3 Å². The Bertz CT molecular complexity index is 250. The van der Waals surface area contributed by atoms with Gasteiger partial charge in [-0.15, -0.1) is 0 Å². The second kappa shape index (κ2) is 9.10. The predicted molar refractivity (Wildman–Crippen MR) is 65.5 cm³/mol. The number of hydrogen-bond acceptors (Lipinski definition) is 1. The van der Waals surface area contributed by atoms with Crippen molar-refractivity contribution in [2.45, 2.75) is 40.0 Å². The molecule has 0 saturated carbocycles. The number of halogens is 1. The summed E-state index contributed by atoms with van der Waals surface area (Å²) in [6.07, 6.45) is 2.70. The molecule has 0 radical (unpaired) electrons. The Hall–Kier alpha value is -0.970. The topological polar surface area (TPSA) is 95.1 Å². The molecule has 0 aromatic heterocycles. The summed E-state index contributed by atoms with van der Waals surface area (Å²) in [5.74, 6) is 0.365. The first-order valence-electron chi connectivity index (χ1n) is 5.80. The molecule has 0 atom stereocenters. The van der Waals surface area contributed by atoms with Crippen LogP contribution < -0.4 is 34.2 Å². The molecule has 0 aromatic carbocycles. The Morgan fingerprint density at radius 3 is 2.35 bits per heavy atom. The Labute approximate surface area is 110 Å². The highest BCUT2D eigenvalue weighted by Gasteiger charge is 2.24. The largest absolute Gasteiger partial charge is 1.00 e. The first-order chi connectivity index (χ1) is 7.40. The van der Waals surface area contributed by atoms with Crippen LogP contribution in [0.5, 0.6) is 0 Å². The molecule has 0 spiro atoms. The van der Waals surface area contributed by atoms with Crippen LogP contribution in [-0.2, 0) is 4.79 Å². The highest BCUT2D eigenvalue weighted by molar-refractivity contribution is 5.81. The van der Waals surface area contributed by atoms with Gasteiger partial charge in [0.1, 0.15) is 0 Å². The normalized spacial score (nSPS) is 10.3. The summed E-state index contributed by atoms with van der Waals surface area (Å²) in [6.45, 7) is 7.37. The SMILES string of the molecule is CCC(C)(C)C(=O)NCCCC[NH+]=C(N)N.[Cl-]. The molecule has 1 amide bonds. The molecule has 102 valence electrons. The number of guanidine groups is 1. The number of rotatable bonds is 7. The Kier molecular flexibility index (Phi) is 9.85. The van der Waals surface area contributed by atoms with E-state index in [0.717, 1.165) is 25.8 Å². The third kappa shape index (κ3) is 8.80. The maximum Gasteiger partial charge on any atom is 0.338 e. The molecular weight excluding hydrogens is 240 g/mol. The number of amides is 1. The van der Waals surface area contributed by atoms with Gasteiger partial charge in [0, 0.05) is 12.0 Å². The third-order valence-corrected chi connectivity index (χ3v) is 2.72. The van der Waals surface area contributed by atoms with Gasteiger partial charge in [0.25, 0.3) is 0 Å². The Balaban J connectivity index is 0. The smallest absolute Gasteiger partial charge is 0.338 e. The summed E-state index contributed by atoms with van der Waals surface area (Å²) >= 11 is 0. The number of carbonyl (C=O) groups is 1. The molecule has 0 aliphatic carbocycles. The molecule has 17 heavy (non-hydrogen) atoms. The lowest BCUT2D eigenvalue weighted by molar-refractivity contribution is -0.459. The lowest BCUT2D eigenvalue weighted by atomic mass is 9.89. The zero-order valence-electron chi connectivity index (χ0n) is 11.0. The zero-order valence-corrected chi connectivity index (χ0v) is 11.7. The molecule has 5 nitrogen and oxygen atoms in total. The molecular formula is C11H25ClN4O. The van der Waals surface area contributed by atoms with Crippen molar-refractivity contribution >= 4 is 11.9 Å². The van der Waals surface area contributed by atoms with Crippen LogP contribution in [0.15, 0.2) is 0 Å². The van der Waals surface area contributed by atoms with Crippen LogP contribution >= 0.6 is 0 Å². The van der Waals surface area contributed by atoms with Gasteiger partial charge >= 0.3 is 5.96 Å². The van der Waals surface area contributed by atoms with E-state index in [1.165, 1.54) is 0 Å². The second-order valence-corrected chi connectivity index (χ2v) is 4.58. The van der Waals surface area contributed by atoms with Crippen LogP contribution in [0.4, 0.5) is 0 Å². The third-order valence-electron chi connectivity index (χ3n) is 2.72. The van der Waals surface area contributed by atoms with Crippen LogP contribution in [0.1, 0.15) is 40.0 Å². The predicted octanol–water partition coefficient (Wildman–Crippen LogP) is -4.32. The summed E-state index contributed by atoms with van der Waals surface area (Å²) < 4.78 is 0. The van der Waals surface area contributed by atoms with Crippen molar-refractivity contribution in [2.24, 2.45) is 16.9 Å². The summed E-state index contributed by atoms with van der Waals surface area (Å²) in [6, 6.07) is 0. The van der Waals surface area contributed by atoms with E-state index in [1.54, 1.807) is 0 Å². The highest BCUT2D eigenvalue weighted by Crippen LogP contribution is 2.19. The number of carbonyl (C=O) groups excluding carboxylic acids is 1. The van der Waals surface area contributed by atoms with Gasteiger partial charge in [-0.25, -0.2) is 0 Å². The Morgan fingerprint density at radius 1 is 1.29 bits per heavy atom. The minimum Gasteiger partial charge on any atom is -1.00 e. The minimum atomic E-state index is -0.270. The summed E-state index contributed by atoms with van der Waals surface area (Å²) in [4.78, 5) is 14.5. The second-order valence-electron chi connectivity index (χ2n) is 4.58. The van der Waals surface area contributed by atoms with E-state index < -0.39 is 0 Å². The fourth-order valence-electron chi connectivity index (χ4n) is 1.08. The zero-order chi connectivity index (χ0) is 12.6. The lowest BCUT2D eigenvalue weighted by Gasteiger charge is -2.21. The highest BCUT2D eigenvalue weighted by atomic mass is 35.5. The van der Waals surface area contributed by atoms with Crippen LogP contribution in [0, 0.1) is 5.41 Å². The van der Waals surface area contributed by atoms with Crippen molar-refractivity contribution in [3.8, 4) is 0 Å². The van der Waals surface area contributed by atoms with Gasteiger partial charge in [0.15, 0.2) is 0 Å². The fraction of sp³-hybridized carbons (Fsp3) is 0.818. The maximum atomic E-state index is 11.7. The molecule has 6 N–H and O–H groups in total. The van der Waals surface area contributed by atoms with Crippen molar-refractivity contribution in [1.29, 1.82) is 0 Å². The van der Waals surface area contributed by atoms with Gasteiger partial charge in [-0.05, 0) is 19.3 Å². The molecule has 0 unspecified atom stereocenters. The molecule has 0 fully saturated rings. The van der Waals surface area contributed by atoms with Crippen LogP contribution in [0.3, 0.4) is 0 Å². The van der Waals surface area contributed by atoms with Crippen LogP contribution in [-0.4, -0.2) is 25.0 Å². The van der Waals surface area contributed by atoms with E-state index in [4.69, 9.17) is 11.5 Å². The van der Waals surface area contributed by atoms with E-state index in [-0.39, 0.29) is 29.7 Å². The summed E-state index contributed by atoms with van der Waals surface area (Å²) in [7, 11) is 0. The Morgan fingerprint density at radius 2 is 1.88 bits per heavy atom. The van der Waals surface area contributed by atoms with Crippen molar-refractivity contribution in [2.75, 3.05) is 13.1 Å². The molecule has 0 saturated heterocycles. The average Bonchev–Trinajstić information content (AvgIpc) is 2.22. The first kappa shape index (κ1) is 18.4. The number of unbranched alkanes of at least 4 members (excludes halogenated alkanes) is 1. The lowest BCUT2D eigenvalue weighted by Crippen LogP contribution is -3.00. The molecule has 0 heterocycles. The van der Waals surface area contributed by atoms with Crippen LogP contribution in [0.2, 0.25) is 0 Å². The summed E-state index contributed by atoms with van der Waals surface area (Å²) in [5.41, 5.74) is 10.2. The van der Waals surface area contributed by atoms with E-state index >= 15 is 0 Å². The minimum absolute atomic E-state index is 0. The fourth-order valence-corrected chi connectivity index (χ4v) is 1.08. The van der Waals surface area contributed by atoms with Crippen molar-refractivity contribution in [1.82, 2.24) is 5.32 Å². The quantitative estimate of drug-likeness (QED) is 0.213. The van der Waals surface area contributed by atoms with E-state index in [9.17, 15) is 4.79 Å². The standard InChI is InChI=1S/C11H24N4O.ClH/c1-4-11(2,3)9(16)14-7-5-6-8-15-10(12)13;/h4-8H2,1-3H3,(H,14,16)(H4,12,13,15);1H. The van der Waals surface area contributed by atoms with Gasteiger partial charge < -0.3 is 17.7 Å². The van der Waals surface area contributed by atoms with Gasteiger partial charge in [0.05, 0.1) is 6.54 Å².